The van der Waals surface area contributed by atoms with Gasteiger partial charge in [-0.05, 0) is 26.3 Å². The highest BCUT2D eigenvalue weighted by Crippen LogP contribution is 1.93. The summed E-state index contributed by atoms with van der Waals surface area (Å²) in [7, 11) is 0. The van der Waals surface area contributed by atoms with Gasteiger partial charge in [-0.2, -0.15) is 0 Å². The van der Waals surface area contributed by atoms with Crippen molar-refractivity contribution in [1.29, 1.82) is 5.41 Å². The monoisotopic (exact) mass is 138 g/mol. The van der Waals surface area contributed by atoms with Crippen LogP contribution in [0.5, 0.6) is 0 Å². The lowest BCUT2D eigenvalue weighted by Crippen LogP contribution is -2.09. The van der Waals surface area contributed by atoms with Gasteiger partial charge in [-0.1, -0.05) is 6.58 Å². The van der Waals surface area contributed by atoms with Crippen LogP contribution in [0.25, 0.3) is 0 Å². The SMILES string of the molecule is C=C(C)C(=N)C(C)=NCC. The quantitative estimate of drug-likeness (QED) is 0.579. The molecule has 0 saturated heterocycles. The third-order valence-electron chi connectivity index (χ3n) is 1.18. The lowest BCUT2D eigenvalue weighted by molar-refractivity contribution is 1.13. The van der Waals surface area contributed by atoms with Crippen molar-refractivity contribution >= 4 is 11.4 Å². The molecule has 0 rings (SSSR count). The van der Waals surface area contributed by atoms with E-state index in [1.165, 1.54) is 0 Å². The predicted molar refractivity (Wildman–Crippen MR) is 46.2 cm³/mol. The molecular weight excluding hydrogens is 124 g/mol. The largest absolute Gasteiger partial charge is 0.299 e. The van der Waals surface area contributed by atoms with E-state index in [2.05, 4.69) is 11.6 Å². The third kappa shape index (κ3) is 2.58. The fraction of sp³-hybridized carbons (Fsp3) is 0.500. The van der Waals surface area contributed by atoms with Crippen LogP contribution in [-0.4, -0.2) is 18.0 Å². The maximum atomic E-state index is 7.42. The number of hydrogen-bond donors (Lipinski definition) is 1. The number of rotatable bonds is 3. The van der Waals surface area contributed by atoms with E-state index >= 15 is 0 Å². The Hall–Kier alpha value is -0.920. The molecule has 0 aliphatic rings. The third-order valence-corrected chi connectivity index (χ3v) is 1.18. The maximum absolute atomic E-state index is 7.42. The fourth-order valence-corrected chi connectivity index (χ4v) is 0.625. The van der Waals surface area contributed by atoms with Gasteiger partial charge in [0.2, 0.25) is 0 Å². The number of hydrogen-bond acceptors (Lipinski definition) is 2. The smallest absolute Gasteiger partial charge is 0.0770 e. The van der Waals surface area contributed by atoms with E-state index in [-0.39, 0.29) is 0 Å². The van der Waals surface area contributed by atoms with E-state index in [1.807, 2.05) is 20.8 Å². The molecule has 0 atom stereocenters. The summed E-state index contributed by atoms with van der Waals surface area (Å²) < 4.78 is 0. The second-order valence-corrected chi connectivity index (χ2v) is 2.22. The Balaban J connectivity index is 4.22. The lowest BCUT2D eigenvalue weighted by Gasteiger charge is -1.99. The molecule has 10 heavy (non-hydrogen) atoms. The fourth-order valence-electron chi connectivity index (χ4n) is 0.625. The first-order valence-corrected chi connectivity index (χ1v) is 3.35. The molecule has 0 aromatic carbocycles. The minimum atomic E-state index is 0.460. The van der Waals surface area contributed by atoms with Crippen molar-refractivity contribution in [3.05, 3.63) is 12.2 Å². The molecule has 2 nitrogen and oxygen atoms in total. The van der Waals surface area contributed by atoms with Crippen LogP contribution in [0.4, 0.5) is 0 Å². The summed E-state index contributed by atoms with van der Waals surface area (Å²) in [6.45, 7) is 9.99. The van der Waals surface area contributed by atoms with Crippen molar-refractivity contribution in [1.82, 2.24) is 0 Å². The van der Waals surface area contributed by atoms with Gasteiger partial charge in [0.05, 0.1) is 11.4 Å². The Labute approximate surface area is 62.2 Å². The zero-order valence-corrected chi connectivity index (χ0v) is 6.86. The van der Waals surface area contributed by atoms with E-state index in [9.17, 15) is 0 Å². The molecule has 0 radical (unpaired) electrons. The van der Waals surface area contributed by atoms with Crippen molar-refractivity contribution in [3.8, 4) is 0 Å². The highest BCUT2D eigenvalue weighted by atomic mass is 14.7. The van der Waals surface area contributed by atoms with Crippen molar-refractivity contribution in [2.75, 3.05) is 6.54 Å². The molecule has 0 aromatic heterocycles. The van der Waals surface area contributed by atoms with Crippen LogP contribution in [0.1, 0.15) is 20.8 Å². The van der Waals surface area contributed by atoms with Gasteiger partial charge < -0.3 is 0 Å². The second-order valence-electron chi connectivity index (χ2n) is 2.22. The maximum Gasteiger partial charge on any atom is 0.0770 e. The van der Waals surface area contributed by atoms with Crippen LogP contribution in [0, 0.1) is 5.41 Å². The first-order valence-electron chi connectivity index (χ1n) is 3.35. The highest BCUT2D eigenvalue weighted by molar-refractivity contribution is 6.46. The summed E-state index contributed by atoms with van der Waals surface area (Å²) in [5.41, 5.74) is 2.01. The van der Waals surface area contributed by atoms with Gasteiger partial charge in [-0.25, -0.2) is 0 Å². The van der Waals surface area contributed by atoms with Crippen molar-refractivity contribution in [3.63, 3.8) is 0 Å². The Morgan fingerprint density at radius 1 is 1.50 bits per heavy atom. The van der Waals surface area contributed by atoms with Gasteiger partial charge in [0, 0.05) is 6.54 Å². The van der Waals surface area contributed by atoms with Gasteiger partial charge in [0.1, 0.15) is 0 Å². The molecule has 0 unspecified atom stereocenters. The van der Waals surface area contributed by atoms with Crippen LogP contribution in [0.3, 0.4) is 0 Å². The average molecular weight is 138 g/mol. The van der Waals surface area contributed by atoms with Crippen LogP contribution in [-0.2, 0) is 0 Å². The molecule has 0 amide bonds. The first-order chi connectivity index (χ1) is 4.59. The van der Waals surface area contributed by atoms with Crippen LogP contribution >= 0.6 is 0 Å². The summed E-state index contributed by atoms with van der Waals surface area (Å²) in [6, 6.07) is 0. The van der Waals surface area contributed by atoms with E-state index in [4.69, 9.17) is 5.41 Å². The average Bonchev–Trinajstić information content (AvgIpc) is 1.87. The molecule has 0 bridgehead atoms. The molecular formula is C8H14N2. The van der Waals surface area contributed by atoms with Crippen molar-refractivity contribution in [2.24, 2.45) is 4.99 Å². The van der Waals surface area contributed by atoms with Crippen LogP contribution < -0.4 is 0 Å². The van der Waals surface area contributed by atoms with E-state index < -0.39 is 0 Å². The molecule has 56 valence electrons. The van der Waals surface area contributed by atoms with Gasteiger partial charge in [-0.15, -0.1) is 0 Å². The predicted octanol–water partition coefficient (Wildman–Crippen LogP) is 2.06. The Bertz CT molecular complexity index is 178. The molecule has 1 N–H and O–H groups in total. The van der Waals surface area contributed by atoms with Gasteiger partial charge >= 0.3 is 0 Å². The van der Waals surface area contributed by atoms with Crippen LogP contribution in [0.2, 0.25) is 0 Å². The molecule has 0 aliphatic carbocycles. The van der Waals surface area contributed by atoms with Crippen molar-refractivity contribution in [2.45, 2.75) is 20.8 Å². The normalized spacial score (nSPS) is 11.3. The summed E-state index contributed by atoms with van der Waals surface area (Å²) in [6.07, 6.45) is 0. The molecule has 0 aromatic rings. The topological polar surface area (TPSA) is 36.2 Å². The standard InChI is InChI=1S/C8H14N2/c1-5-10-7(4)8(9)6(2)3/h9H,2,5H2,1,3-4H3. The Kier molecular flexibility index (Phi) is 3.62. The van der Waals surface area contributed by atoms with Gasteiger partial charge in [-0.3, -0.25) is 10.4 Å². The molecule has 0 saturated carbocycles. The van der Waals surface area contributed by atoms with E-state index in [0.29, 0.717) is 5.71 Å². The van der Waals surface area contributed by atoms with Gasteiger partial charge in [0.15, 0.2) is 0 Å². The van der Waals surface area contributed by atoms with E-state index in [1.54, 1.807) is 0 Å². The Morgan fingerprint density at radius 2 is 2.00 bits per heavy atom. The highest BCUT2D eigenvalue weighted by Gasteiger charge is 1.99. The van der Waals surface area contributed by atoms with Crippen molar-refractivity contribution < 1.29 is 0 Å². The summed E-state index contributed by atoms with van der Waals surface area (Å²) in [4.78, 5) is 4.08. The second kappa shape index (κ2) is 3.99. The van der Waals surface area contributed by atoms with Crippen LogP contribution in [0.15, 0.2) is 17.1 Å². The molecule has 0 heterocycles. The van der Waals surface area contributed by atoms with Gasteiger partial charge in [0.25, 0.3) is 0 Å². The minimum Gasteiger partial charge on any atom is -0.299 e. The summed E-state index contributed by atoms with van der Waals surface area (Å²) >= 11 is 0. The molecule has 2 heteroatoms. The number of allylic oxidation sites excluding steroid dienone is 1. The number of nitrogens with zero attached hydrogens (tertiary/aromatic N) is 1. The summed E-state index contributed by atoms with van der Waals surface area (Å²) in [5, 5.41) is 7.42. The molecule has 0 aliphatic heterocycles. The Morgan fingerprint density at radius 3 is 2.30 bits per heavy atom. The number of aliphatic imine (C=N–C) groups is 1. The van der Waals surface area contributed by atoms with E-state index in [0.717, 1.165) is 17.8 Å². The summed E-state index contributed by atoms with van der Waals surface area (Å²) in [5.74, 6) is 0. The lowest BCUT2D eigenvalue weighted by atomic mass is 10.1. The first kappa shape index (κ1) is 9.08. The zero-order valence-electron chi connectivity index (χ0n) is 6.86. The minimum absolute atomic E-state index is 0.460. The number of nitrogens with one attached hydrogen (secondary N) is 1. The zero-order chi connectivity index (χ0) is 8.15. The molecule has 0 spiro atoms. The molecule has 0 fully saturated rings.